The molecule has 1 aromatic rings. The Labute approximate surface area is 122 Å². The van der Waals surface area contributed by atoms with Crippen LogP contribution in [0.4, 0.5) is 4.79 Å². The molecule has 1 atom stereocenters. The Kier molecular flexibility index (Phi) is 4.99. The first-order valence-corrected chi connectivity index (χ1v) is 7.33. The van der Waals surface area contributed by atoms with E-state index in [1.165, 1.54) is 23.3 Å². The molecule has 0 fully saturated rings. The van der Waals surface area contributed by atoms with Gasteiger partial charge in [-0.15, -0.1) is 0 Å². The van der Waals surface area contributed by atoms with E-state index in [0.717, 1.165) is 0 Å². The van der Waals surface area contributed by atoms with Gasteiger partial charge >= 0.3 is 6.09 Å². The number of carbonyl (C=O) groups is 1. The monoisotopic (exact) mass is 299 g/mol. The maximum atomic E-state index is 11.8. The van der Waals surface area contributed by atoms with E-state index in [4.69, 9.17) is 4.74 Å². The fraction of sp³-hybridized carbons (Fsp3) is 0.615. The zero-order valence-electron chi connectivity index (χ0n) is 12.7. The minimum Gasteiger partial charge on any atom is -0.591 e. The molecule has 0 aliphatic rings. The van der Waals surface area contributed by atoms with Crippen LogP contribution < -0.4 is 0 Å². The highest BCUT2D eigenvalue weighted by molar-refractivity contribution is 7.91. The Morgan fingerprint density at radius 1 is 1.40 bits per heavy atom. The lowest BCUT2D eigenvalue weighted by molar-refractivity contribution is 0.0536. The summed E-state index contributed by atoms with van der Waals surface area (Å²) in [7, 11) is 0. The molecule has 0 aromatic carbocycles. The predicted octanol–water partition coefficient (Wildman–Crippen LogP) is 2.55. The first kappa shape index (κ1) is 16.7. The highest BCUT2D eigenvalue weighted by atomic mass is 32.2. The zero-order chi connectivity index (χ0) is 15.6. The molecule has 0 aliphatic carbocycles. The molecule has 20 heavy (non-hydrogen) atoms. The minimum absolute atomic E-state index is 0.426. The molecular weight excluding hydrogens is 278 g/mol. The summed E-state index contributed by atoms with van der Waals surface area (Å²) < 4.78 is 21.7. The van der Waals surface area contributed by atoms with Crippen molar-refractivity contribution in [2.75, 3.05) is 0 Å². The largest absolute Gasteiger partial charge is 0.591 e. The highest BCUT2D eigenvalue weighted by Gasteiger charge is 2.26. The van der Waals surface area contributed by atoms with Gasteiger partial charge in [0.15, 0.2) is 0 Å². The molecule has 0 radical (unpaired) electrons. The SMILES string of the molecule is CC(C)(C)OC(=O)n1cnc(C=N[S@@+]([O-])C(C)(C)C)c1. The van der Waals surface area contributed by atoms with Gasteiger partial charge in [-0.25, -0.2) is 14.3 Å². The third-order valence-corrected chi connectivity index (χ3v) is 3.36. The van der Waals surface area contributed by atoms with E-state index in [2.05, 4.69) is 9.38 Å². The Balaban J connectivity index is 2.73. The van der Waals surface area contributed by atoms with Gasteiger partial charge in [-0.1, -0.05) is 4.40 Å². The molecule has 0 N–H and O–H groups in total. The minimum atomic E-state index is -1.35. The van der Waals surface area contributed by atoms with Crippen LogP contribution in [0.3, 0.4) is 0 Å². The Morgan fingerprint density at radius 2 is 2.00 bits per heavy atom. The lowest BCUT2D eigenvalue weighted by Gasteiger charge is -2.19. The summed E-state index contributed by atoms with van der Waals surface area (Å²) in [5.74, 6) is 0. The fourth-order valence-electron chi connectivity index (χ4n) is 1.08. The number of hydrogen-bond donors (Lipinski definition) is 0. The smallest absolute Gasteiger partial charge is 0.419 e. The summed E-state index contributed by atoms with van der Waals surface area (Å²) >= 11 is -1.35. The molecule has 1 aromatic heterocycles. The summed E-state index contributed by atoms with van der Waals surface area (Å²) in [6.45, 7) is 10.9. The molecule has 0 saturated carbocycles. The quantitative estimate of drug-likeness (QED) is 0.621. The number of hydrogen-bond acceptors (Lipinski definition) is 5. The van der Waals surface area contributed by atoms with Gasteiger partial charge in [-0.2, -0.15) is 0 Å². The first-order valence-electron chi connectivity index (χ1n) is 6.22. The average molecular weight is 299 g/mol. The molecular formula is C13H21N3O3S. The van der Waals surface area contributed by atoms with Crippen LogP contribution in [0, 0.1) is 0 Å². The van der Waals surface area contributed by atoms with Gasteiger partial charge < -0.3 is 9.29 Å². The van der Waals surface area contributed by atoms with Gasteiger partial charge in [0.25, 0.3) is 0 Å². The second-order valence-electron chi connectivity index (χ2n) is 6.28. The molecule has 0 amide bonds. The molecule has 0 unspecified atom stereocenters. The molecule has 1 rings (SSSR count). The van der Waals surface area contributed by atoms with Crippen LogP contribution in [0.2, 0.25) is 0 Å². The second-order valence-corrected chi connectivity index (χ2v) is 8.22. The van der Waals surface area contributed by atoms with Crippen molar-refractivity contribution in [3.63, 3.8) is 0 Å². The van der Waals surface area contributed by atoms with Crippen LogP contribution in [0.5, 0.6) is 0 Å². The van der Waals surface area contributed by atoms with Crippen molar-refractivity contribution in [3.8, 4) is 0 Å². The summed E-state index contributed by atoms with van der Waals surface area (Å²) in [6, 6.07) is 0. The third kappa shape index (κ3) is 5.34. The van der Waals surface area contributed by atoms with Crippen LogP contribution >= 0.6 is 0 Å². The maximum absolute atomic E-state index is 11.8. The molecule has 6 nitrogen and oxygen atoms in total. The second kappa shape index (κ2) is 5.97. The van der Waals surface area contributed by atoms with Crippen molar-refractivity contribution in [1.29, 1.82) is 0 Å². The number of rotatable bonds is 2. The third-order valence-electron chi connectivity index (χ3n) is 2.01. The normalized spacial score (nSPS) is 14.6. The summed E-state index contributed by atoms with van der Waals surface area (Å²) in [4.78, 5) is 15.8. The van der Waals surface area contributed by atoms with Gasteiger partial charge in [0.1, 0.15) is 39.9 Å². The number of aromatic nitrogens is 2. The van der Waals surface area contributed by atoms with Crippen molar-refractivity contribution >= 4 is 23.7 Å². The summed E-state index contributed by atoms with van der Waals surface area (Å²) in [5, 5.41) is 0. The van der Waals surface area contributed by atoms with Crippen LogP contribution in [0.25, 0.3) is 0 Å². The molecule has 7 heteroatoms. The van der Waals surface area contributed by atoms with Crippen LogP contribution in [-0.4, -0.2) is 36.8 Å². The van der Waals surface area contributed by atoms with Gasteiger partial charge in [0, 0.05) is 6.20 Å². The zero-order valence-corrected chi connectivity index (χ0v) is 13.5. The Hall–Kier alpha value is -1.34. The van der Waals surface area contributed by atoms with E-state index < -0.39 is 27.8 Å². The molecule has 0 aliphatic heterocycles. The Morgan fingerprint density at radius 3 is 2.50 bits per heavy atom. The van der Waals surface area contributed by atoms with E-state index in [9.17, 15) is 9.35 Å². The van der Waals surface area contributed by atoms with E-state index in [1.807, 2.05) is 20.8 Å². The van der Waals surface area contributed by atoms with Crippen molar-refractivity contribution in [2.24, 2.45) is 4.40 Å². The van der Waals surface area contributed by atoms with Gasteiger partial charge in [-0.3, -0.25) is 0 Å². The van der Waals surface area contributed by atoms with E-state index in [-0.39, 0.29) is 0 Å². The van der Waals surface area contributed by atoms with Crippen LogP contribution in [0.1, 0.15) is 47.2 Å². The molecule has 1 heterocycles. The van der Waals surface area contributed by atoms with Crippen molar-refractivity contribution in [1.82, 2.24) is 9.55 Å². The maximum Gasteiger partial charge on any atom is 0.419 e. The number of imidazole rings is 1. The number of carbonyl (C=O) groups excluding carboxylic acids is 1. The molecule has 112 valence electrons. The average Bonchev–Trinajstić information content (AvgIpc) is 2.70. The van der Waals surface area contributed by atoms with Crippen molar-refractivity contribution in [2.45, 2.75) is 51.9 Å². The topological polar surface area (TPSA) is 79.5 Å². The molecule has 0 spiro atoms. The lowest BCUT2D eigenvalue weighted by atomic mass is 10.2. The first-order chi connectivity index (χ1) is 8.99. The molecule has 0 saturated heterocycles. The number of nitrogens with zero attached hydrogens (tertiary/aromatic N) is 3. The van der Waals surface area contributed by atoms with Crippen molar-refractivity contribution in [3.05, 3.63) is 18.2 Å². The predicted molar refractivity (Wildman–Crippen MR) is 79.3 cm³/mol. The fourth-order valence-corrected chi connectivity index (χ4v) is 1.60. The van der Waals surface area contributed by atoms with Crippen LogP contribution in [-0.2, 0) is 16.1 Å². The van der Waals surface area contributed by atoms with E-state index in [0.29, 0.717) is 5.69 Å². The Bertz CT molecular complexity index is 498. The standard InChI is InChI=1S/C13H21N3O3S/c1-12(2,3)19-11(17)16-8-10(14-9-16)7-15-20(18)13(4,5)6/h7-9H,1-6H3/t20-/m0/s1. The summed E-state index contributed by atoms with van der Waals surface area (Å²) in [6.07, 6.45) is 3.70. The van der Waals surface area contributed by atoms with E-state index in [1.54, 1.807) is 20.8 Å². The molecule has 0 bridgehead atoms. The number of ether oxygens (including phenoxy) is 1. The summed E-state index contributed by atoms with van der Waals surface area (Å²) in [5.41, 5.74) is -0.114. The van der Waals surface area contributed by atoms with Crippen molar-refractivity contribution < 1.29 is 14.1 Å². The highest BCUT2D eigenvalue weighted by Crippen LogP contribution is 2.16. The van der Waals surface area contributed by atoms with Crippen LogP contribution in [0.15, 0.2) is 16.9 Å². The van der Waals surface area contributed by atoms with Gasteiger partial charge in [0.05, 0.1) is 0 Å². The lowest BCUT2D eigenvalue weighted by Crippen LogP contribution is -2.26. The van der Waals surface area contributed by atoms with E-state index >= 15 is 0 Å². The van der Waals surface area contributed by atoms with Gasteiger partial charge in [0.2, 0.25) is 0 Å². The van der Waals surface area contributed by atoms with Gasteiger partial charge in [-0.05, 0) is 41.5 Å².